The van der Waals surface area contributed by atoms with Crippen LogP contribution in [0.25, 0.3) is 11.1 Å². The number of carbonyl (C=O) groups is 3. The van der Waals surface area contributed by atoms with E-state index >= 15 is 0 Å². The Morgan fingerprint density at radius 1 is 0.969 bits per heavy atom. The van der Waals surface area contributed by atoms with Gasteiger partial charge in [0.15, 0.2) is 0 Å². The predicted octanol–water partition coefficient (Wildman–Crippen LogP) is 3.82. The van der Waals surface area contributed by atoms with Crippen molar-refractivity contribution in [3.8, 4) is 11.1 Å². The first kappa shape index (κ1) is 21.9. The number of carboxylic acids is 1. The molecule has 0 spiro atoms. The van der Waals surface area contributed by atoms with E-state index in [9.17, 15) is 14.4 Å². The monoisotopic (exact) mass is 436 g/mol. The van der Waals surface area contributed by atoms with E-state index in [-0.39, 0.29) is 24.9 Å². The van der Waals surface area contributed by atoms with Gasteiger partial charge in [0.05, 0.1) is 12.0 Å². The third-order valence-electron chi connectivity index (χ3n) is 6.19. The topological polar surface area (TPSA) is 105 Å². The van der Waals surface area contributed by atoms with Crippen LogP contribution in [-0.4, -0.2) is 41.8 Å². The first-order chi connectivity index (χ1) is 15.5. The Morgan fingerprint density at radius 3 is 2.19 bits per heavy atom. The maximum absolute atomic E-state index is 12.2. The highest BCUT2D eigenvalue weighted by Crippen LogP contribution is 2.44. The highest BCUT2D eigenvalue weighted by molar-refractivity contribution is 5.80. The number of aliphatic carboxylic acids is 1. The van der Waals surface area contributed by atoms with Crippen LogP contribution in [0.4, 0.5) is 4.79 Å². The van der Waals surface area contributed by atoms with Gasteiger partial charge in [0, 0.05) is 18.9 Å². The van der Waals surface area contributed by atoms with Crippen molar-refractivity contribution in [1.82, 2.24) is 10.6 Å². The van der Waals surface area contributed by atoms with E-state index in [0.29, 0.717) is 38.6 Å². The molecular weight excluding hydrogens is 408 g/mol. The van der Waals surface area contributed by atoms with Crippen LogP contribution in [0, 0.1) is 0 Å². The number of rotatable bonds is 10. The summed E-state index contributed by atoms with van der Waals surface area (Å²) in [6.07, 6.45) is 2.51. The Balaban J connectivity index is 1.16. The summed E-state index contributed by atoms with van der Waals surface area (Å²) in [5.74, 6) is -1.00. The smallest absolute Gasteiger partial charge is 0.407 e. The maximum Gasteiger partial charge on any atom is 0.407 e. The fourth-order valence-electron chi connectivity index (χ4n) is 4.40. The van der Waals surface area contributed by atoms with Gasteiger partial charge in [0.1, 0.15) is 6.61 Å². The number of carbonyl (C=O) groups excluding carboxylic acids is 2. The minimum atomic E-state index is -0.893. The average Bonchev–Trinajstić information content (AvgIpc) is 3.43. The number of ether oxygens (including phenoxy) is 1. The molecule has 0 saturated heterocycles. The zero-order valence-electron chi connectivity index (χ0n) is 17.9. The highest BCUT2D eigenvalue weighted by atomic mass is 16.5. The zero-order valence-corrected chi connectivity index (χ0v) is 17.9. The molecular formula is C25H28N2O5. The first-order valence-electron chi connectivity index (χ1n) is 11.1. The Labute approximate surface area is 187 Å². The molecule has 2 aliphatic rings. The van der Waals surface area contributed by atoms with Gasteiger partial charge < -0.3 is 20.5 Å². The minimum absolute atomic E-state index is 0.0254. The molecule has 1 fully saturated rings. The SMILES string of the molecule is O=C(O)CC1(NC(=O)CCCCNC(=O)OCC2c3ccccc3-c3ccccc32)CC1. The van der Waals surface area contributed by atoms with Crippen LogP contribution in [-0.2, 0) is 14.3 Å². The summed E-state index contributed by atoms with van der Waals surface area (Å²) < 4.78 is 5.49. The van der Waals surface area contributed by atoms with Crippen molar-refractivity contribution in [3.05, 3.63) is 59.7 Å². The summed E-state index contributed by atoms with van der Waals surface area (Å²) in [4.78, 5) is 35.0. The van der Waals surface area contributed by atoms with Crippen molar-refractivity contribution < 1.29 is 24.2 Å². The average molecular weight is 437 g/mol. The van der Waals surface area contributed by atoms with Gasteiger partial charge in [-0.2, -0.15) is 0 Å². The molecule has 168 valence electrons. The molecule has 0 bridgehead atoms. The summed E-state index contributed by atoms with van der Waals surface area (Å²) >= 11 is 0. The van der Waals surface area contributed by atoms with Gasteiger partial charge in [0.25, 0.3) is 0 Å². The van der Waals surface area contributed by atoms with Gasteiger partial charge in [-0.1, -0.05) is 48.5 Å². The molecule has 0 aliphatic heterocycles. The van der Waals surface area contributed by atoms with Gasteiger partial charge in [0.2, 0.25) is 5.91 Å². The number of amides is 2. The molecule has 4 rings (SSSR count). The molecule has 0 aromatic heterocycles. The second kappa shape index (κ2) is 9.42. The maximum atomic E-state index is 12.2. The highest BCUT2D eigenvalue weighted by Gasteiger charge is 2.45. The molecule has 0 heterocycles. The van der Waals surface area contributed by atoms with Crippen molar-refractivity contribution in [2.24, 2.45) is 0 Å². The van der Waals surface area contributed by atoms with Crippen LogP contribution >= 0.6 is 0 Å². The predicted molar refractivity (Wildman–Crippen MR) is 119 cm³/mol. The molecule has 7 heteroatoms. The summed E-state index contributed by atoms with van der Waals surface area (Å²) in [6.45, 7) is 0.693. The van der Waals surface area contributed by atoms with Gasteiger partial charge in [-0.3, -0.25) is 9.59 Å². The molecule has 0 radical (unpaired) electrons. The molecule has 0 atom stereocenters. The second-order valence-corrected chi connectivity index (χ2v) is 8.61. The van der Waals surface area contributed by atoms with Crippen molar-refractivity contribution in [3.63, 3.8) is 0 Å². The number of hydrogen-bond acceptors (Lipinski definition) is 4. The van der Waals surface area contributed by atoms with Crippen molar-refractivity contribution in [1.29, 1.82) is 0 Å². The van der Waals surface area contributed by atoms with E-state index in [1.807, 2.05) is 24.3 Å². The molecule has 2 aromatic rings. The molecule has 2 aromatic carbocycles. The van der Waals surface area contributed by atoms with Gasteiger partial charge in [-0.15, -0.1) is 0 Å². The standard InChI is InChI=1S/C25H28N2O5/c28-22(27-25(12-13-25)15-23(29)30)11-5-6-14-26-24(31)32-16-21-19-9-3-1-7-17(19)18-8-2-4-10-20(18)21/h1-4,7-10,21H,5-6,11-16H2,(H,26,31)(H,27,28)(H,29,30). The number of carboxylic acid groups (broad SMARTS) is 1. The first-order valence-corrected chi connectivity index (χ1v) is 11.1. The summed E-state index contributed by atoms with van der Waals surface area (Å²) in [7, 11) is 0. The molecule has 2 aliphatic carbocycles. The summed E-state index contributed by atoms with van der Waals surface area (Å²) in [5.41, 5.74) is 4.17. The molecule has 32 heavy (non-hydrogen) atoms. The van der Waals surface area contributed by atoms with Crippen molar-refractivity contribution in [2.75, 3.05) is 13.2 Å². The normalized spacial score (nSPS) is 15.4. The van der Waals surface area contributed by atoms with Gasteiger partial charge in [-0.05, 0) is 47.9 Å². The number of hydrogen-bond donors (Lipinski definition) is 3. The molecule has 0 unspecified atom stereocenters. The van der Waals surface area contributed by atoms with E-state index in [1.165, 1.54) is 22.3 Å². The fraction of sp³-hybridized carbons (Fsp3) is 0.400. The molecule has 3 N–H and O–H groups in total. The van der Waals surface area contributed by atoms with E-state index in [0.717, 1.165) is 0 Å². The summed E-state index contributed by atoms with van der Waals surface area (Å²) in [6, 6.07) is 16.4. The number of unbranched alkanes of at least 4 members (excludes halogenated alkanes) is 1. The van der Waals surface area contributed by atoms with Crippen LogP contribution in [0.2, 0.25) is 0 Å². The molecule has 1 saturated carbocycles. The number of alkyl carbamates (subject to hydrolysis) is 1. The van der Waals surface area contributed by atoms with Crippen molar-refractivity contribution >= 4 is 18.0 Å². The lowest BCUT2D eigenvalue weighted by molar-refractivity contribution is -0.138. The third kappa shape index (κ3) is 5.10. The lowest BCUT2D eigenvalue weighted by Crippen LogP contribution is -2.38. The lowest BCUT2D eigenvalue weighted by atomic mass is 9.98. The van der Waals surface area contributed by atoms with Crippen molar-refractivity contribution in [2.45, 2.75) is 50.0 Å². The Kier molecular flexibility index (Phi) is 6.44. The number of nitrogens with one attached hydrogen (secondary N) is 2. The van der Waals surface area contributed by atoms with E-state index in [1.54, 1.807) is 0 Å². The largest absolute Gasteiger partial charge is 0.481 e. The quantitative estimate of drug-likeness (QED) is 0.491. The summed E-state index contributed by atoms with van der Waals surface area (Å²) in [5, 5.41) is 14.5. The minimum Gasteiger partial charge on any atom is -0.481 e. The van der Waals surface area contributed by atoms with Crippen LogP contribution in [0.1, 0.15) is 55.6 Å². The lowest BCUT2D eigenvalue weighted by Gasteiger charge is -2.15. The zero-order chi connectivity index (χ0) is 22.6. The van der Waals surface area contributed by atoms with Crippen LogP contribution in [0.15, 0.2) is 48.5 Å². The number of benzene rings is 2. The van der Waals surface area contributed by atoms with E-state index in [2.05, 4.69) is 34.9 Å². The van der Waals surface area contributed by atoms with Gasteiger partial charge >= 0.3 is 12.1 Å². The van der Waals surface area contributed by atoms with E-state index in [4.69, 9.17) is 9.84 Å². The molecule has 7 nitrogen and oxygen atoms in total. The van der Waals surface area contributed by atoms with E-state index < -0.39 is 17.6 Å². The Bertz CT molecular complexity index is 969. The van der Waals surface area contributed by atoms with Crippen LogP contribution in [0.5, 0.6) is 0 Å². The second-order valence-electron chi connectivity index (χ2n) is 8.61. The number of fused-ring (bicyclic) bond motifs is 3. The fourth-order valence-corrected chi connectivity index (χ4v) is 4.40. The molecule has 2 amide bonds. The van der Waals surface area contributed by atoms with Crippen LogP contribution < -0.4 is 10.6 Å². The van der Waals surface area contributed by atoms with Crippen LogP contribution in [0.3, 0.4) is 0 Å². The Hall–Kier alpha value is -3.35. The third-order valence-corrected chi connectivity index (χ3v) is 6.19. The Morgan fingerprint density at radius 2 is 1.59 bits per heavy atom. The van der Waals surface area contributed by atoms with Gasteiger partial charge in [-0.25, -0.2) is 4.79 Å².